The fraction of sp³-hybridized carbons (Fsp3) is 0.650. The Hall–Kier alpha value is -3.04. The second kappa shape index (κ2) is 12.1. The summed E-state index contributed by atoms with van der Waals surface area (Å²) in [6.45, 7) is 2.42. The Morgan fingerprint density at radius 3 is 2.51 bits per heavy atom. The quantitative estimate of drug-likeness (QED) is 0.246. The minimum absolute atomic E-state index is 0.00578. The summed E-state index contributed by atoms with van der Waals surface area (Å²) in [5.41, 5.74) is 5.42. The van der Waals surface area contributed by atoms with Crippen molar-refractivity contribution in [3.8, 4) is 0 Å². The average molecular weight is 517 g/mol. The highest BCUT2D eigenvalue weighted by Gasteiger charge is 2.39. The zero-order valence-electron chi connectivity index (χ0n) is 19.8. The fourth-order valence-electron chi connectivity index (χ4n) is 3.72. The molecule has 2 heterocycles. The van der Waals surface area contributed by atoms with E-state index in [-0.39, 0.29) is 36.8 Å². The van der Waals surface area contributed by atoms with Crippen LogP contribution < -0.4 is 15.8 Å². The van der Waals surface area contributed by atoms with Gasteiger partial charge in [0, 0.05) is 25.8 Å². The van der Waals surface area contributed by atoms with E-state index in [0.29, 0.717) is 0 Å². The van der Waals surface area contributed by atoms with Crippen LogP contribution in [0.15, 0.2) is 17.6 Å². The Bertz CT molecular complexity index is 1040. The van der Waals surface area contributed by atoms with Crippen molar-refractivity contribution in [2.75, 3.05) is 19.8 Å². The molecule has 196 valence electrons. The Morgan fingerprint density at radius 1 is 1.29 bits per heavy atom. The molecule has 14 nitrogen and oxygen atoms in total. The van der Waals surface area contributed by atoms with Gasteiger partial charge in [-0.15, -0.1) is 0 Å². The molecule has 1 saturated heterocycles. The number of aliphatic carboxylic acids is 1. The van der Waals surface area contributed by atoms with Gasteiger partial charge in [-0.3, -0.25) is 14.4 Å². The van der Waals surface area contributed by atoms with Crippen LogP contribution >= 0.6 is 0 Å². The number of primary amides is 1. The number of nitrogens with zero attached hydrogens (tertiary/aromatic N) is 3. The smallest absolute Gasteiger partial charge is 0.329 e. The summed E-state index contributed by atoms with van der Waals surface area (Å²) >= 11 is 0. The van der Waals surface area contributed by atoms with E-state index in [4.69, 9.17) is 15.6 Å². The number of piperidine rings is 1. The van der Waals surface area contributed by atoms with E-state index in [1.54, 1.807) is 7.05 Å². The number of carbonyl (C=O) groups excluding carboxylic acids is 3. The van der Waals surface area contributed by atoms with Gasteiger partial charge in [-0.1, -0.05) is 13.8 Å². The predicted molar refractivity (Wildman–Crippen MR) is 121 cm³/mol. The van der Waals surface area contributed by atoms with Crippen molar-refractivity contribution in [3.05, 3.63) is 12.5 Å². The van der Waals surface area contributed by atoms with Crippen molar-refractivity contribution >= 4 is 33.7 Å². The Labute approximate surface area is 203 Å². The summed E-state index contributed by atoms with van der Waals surface area (Å²) in [5, 5.41) is 11.1. The number of amides is 3. The summed E-state index contributed by atoms with van der Waals surface area (Å²) in [6.07, 6.45) is 3.04. The molecule has 15 heteroatoms. The lowest BCUT2D eigenvalue weighted by Gasteiger charge is -2.39. The molecule has 0 saturated carbocycles. The SMILES string of the molecule is CC(C)C[C@@H](NC(=O)[C@H]1C[C@@H](NS(=O)(=O)c2cn(C)cn2)CCN1C(=O)COCC(=O)O)C(N)=O. The zero-order chi connectivity index (χ0) is 26.3. The van der Waals surface area contributed by atoms with Gasteiger partial charge >= 0.3 is 5.97 Å². The summed E-state index contributed by atoms with van der Waals surface area (Å²) in [4.78, 5) is 53.4. The summed E-state index contributed by atoms with van der Waals surface area (Å²) in [7, 11) is -2.36. The molecule has 1 fully saturated rings. The summed E-state index contributed by atoms with van der Waals surface area (Å²) < 4.78 is 34.2. The molecular weight excluding hydrogens is 484 g/mol. The molecule has 35 heavy (non-hydrogen) atoms. The van der Waals surface area contributed by atoms with Crippen LogP contribution in [0.5, 0.6) is 0 Å². The standard InChI is InChI=1S/C20H32N6O8S/c1-12(2)6-14(19(21)30)23-20(31)15-7-13(24-35(32,33)16-8-25(3)11-22-16)4-5-26(15)17(27)9-34-10-18(28)29/h8,11-15,24H,4-7,9-10H2,1-3H3,(H2,21,30)(H,23,31)(H,28,29)/t13-,14+,15+/m0/s1. The van der Waals surface area contributed by atoms with Crippen molar-refractivity contribution in [1.29, 1.82) is 0 Å². The number of sulfonamides is 1. The summed E-state index contributed by atoms with van der Waals surface area (Å²) in [6, 6.07) is -2.83. The zero-order valence-corrected chi connectivity index (χ0v) is 20.7. The van der Waals surface area contributed by atoms with Crippen molar-refractivity contribution in [2.24, 2.45) is 18.7 Å². The first-order chi connectivity index (χ1) is 16.3. The lowest BCUT2D eigenvalue weighted by molar-refractivity contribution is -0.150. The molecule has 1 aromatic heterocycles. The number of ether oxygens (including phenoxy) is 1. The van der Waals surface area contributed by atoms with Crippen LogP contribution in [-0.2, 0) is 41.0 Å². The third-order valence-electron chi connectivity index (χ3n) is 5.32. The normalized spacial score (nSPS) is 19.4. The van der Waals surface area contributed by atoms with E-state index in [9.17, 15) is 27.6 Å². The van der Waals surface area contributed by atoms with Gasteiger partial charge in [0.1, 0.15) is 25.3 Å². The fourth-order valence-corrected chi connectivity index (χ4v) is 4.99. The number of imidazole rings is 1. The van der Waals surface area contributed by atoms with Crippen molar-refractivity contribution < 1.29 is 37.4 Å². The number of hydrogen-bond acceptors (Lipinski definition) is 8. The molecule has 0 bridgehead atoms. The largest absolute Gasteiger partial charge is 0.480 e. The molecule has 3 amide bonds. The number of aromatic nitrogens is 2. The van der Waals surface area contributed by atoms with Gasteiger partial charge in [0.25, 0.3) is 10.0 Å². The molecule has 0 radical (unpaired) electrons. The molecular formula is C20H32N6O8S. The van der Waals surface area contributed by atoms with Gasteiger partial charge in [0.2, 0.25) is 17.7 Å². The third-order valence-corrected chi connectivity index (χ3v) is 6.73. The van der Waals surface area contributed by atoms with Crippen molar-refractivity contribution in [3.63, 3.8) is 0 Å². The van der Waals surface area contributed by atoms with Crippen LogP contribution in [0.25, 0.3) is 0 Å². The van der Waals surface area contributed by atoms with Gasteiger partial charge < -0.3 is 30.4 Å². The lowest BCUT2D eigenvalue weighted by Crippen LogP contribution is -2.60. The topological polar surface area (TPSA) is 203 Å². The third kappa shape index (κ3) is 8.29. The number of likely N-dealkylation sites (tertiary alicyclic amines) is 1. The van der Waals surface area contributed by atoms with Gasteiger partial charge in [-0.05, 0) is 25.2 Å². The van der Waals surface area contributed by atoms with E-state index >= 15 is 0 Å². The van der Waals surface area contributed by atoms with Crippen LogP contribution in [0.2, 0.25) is 0 Å². The van der Waals surface area contributed by atoms with Gasteiger partial charge in [-0.2, -0.15) is 0 Å². The molecule has 5 N–H and O–H groups in total. The van der Waals surface area contributed by atoms with Crippen LogP contribution in [0.3, 0.4) is 0 Å². The number of nitrogens with two attached hydrogens (primary N) is 1. The van der Waals surface area contributed by atoms with Crippen LogP contribution in [-0.4, -0.2) is 89.6 Å². The molecule has 1 aliphatic heterocycles. The molecule has 3 atom stereocenters. The first kappa shape index (κ1) is 28.2. The minimum atomic E-state index is -3.98. The number of carboxylic acids is 1. The second-order valence-electron chi connectivity index (χ2n) is 8.80. The number of rotatable bonds is 12. The maximum Gasteiger partial charge on any atom is 0.329 e. The number of carboxylic acid groups (broad SMARTS) is 1. The van der Waals surface area contributed by atoms with Gasteiger partial charge in [0.15, 0.2) is 5.03 Å². The van der Waals surface area contributed by atoms with Crippen LogP contribution in [0.1, 0.15) is 33.1 Å². The first-order valence-electron chi connectivity index (χ1n) is 11.0. The molecule has 1 aromatic rings. The van der Waals surface area contributed by atoms with E-state index in [1.807, 2.05) is 13.8 Å². The lowest BCUT2D eigenvalue weighted by atomic mass is 9.96. The van der Waals surface area contributed by atoms with Crippen molar-refractivity contribution in [2.45, 2.75) is 56.3 Å². The van der Waals surface area contributed by atoms with E-state index in [1.165, 1.54) is 22.0 Å². The van der Waals surface area contributed by atoms with E-state index < -0.39 is 65.1 Å². The number of nitrogens with one attached hydrogen (secondary N) is 2. The predicted octanol–water partition coefficient (Wildman–Crippen LogP) is -1.82. The van der Waals surface area contributed by atoms with E-state index in [0.717, 1.165) is 0 Å². The Kier molecular flexibility index (Phi) is 9.73. The van der Waals surface area contributed by atoms with Crippen molar-refractivity contribution in [1.82, 2.24) is 24.5 Å². The average Bonchev–Trinajstić information content (AvgIpc) is 3.19. The highest BCUT2D eigenvalue weighted by atomic mass is 32.2. The minimum Gasteiger partial charge on any atom is -0.480 e. The maximum absolute atomic E-state index is 13.1. The molecule has 1 aliphatic rings. The van der Waals surface area contributed by atoms with Crippen LogP contribution in [0.4, 0.5) is 0 Å². The highest BCUT2D eigenvalue weighted by molar-refractivity contribution is 7.89. The van der Waals surface area contributed by atoms with Crippen LogP contribution in [0, 0.1) is 5.92 Å². The highest BCUT2D eigenvalue weighted by Crippen LogP contribution is 2.21. The molecule has 0 aromatic carbocycles. The van der Waals surface area contributed by atoms with E-state index in [2.05, 4.69) is 15.0 Å². The molecule has 0 unspecified atom stereocenters. The Balaban J connectivity index is 2.20. The second-order valence-corrected chi connectivity index (χ2v) is 10.5. The number of hydrogen-bond donors (Lipinski definition) is 4. The molecule has 0 aliphatic carbocycles. The summed E-state index contributed by atoms with van der Waals surface area (Å²) in [5.74, 6) is -3.27. The van der Waals surface area contributed by atoms with Gasteiger partial charge in [0.05, 0.1) is 6.33 Å². The number of aryl methyl sites for hydroxylation is 1. The first-order valence-corrected chi connectivity index (χ1v) is 12.5. The maximum atomic E-state index is 13.1. The number of carbonyl (C=O) groups is 4. The monoisotopic (exact) mass is 516 g/mol. The van der Waals surface area contributed by atoms with Gasteiger partial charge in [-0.25, -0.2) is 22.9 Å². The molecule has 2 rings (SSSR count). The Morgan fingerprint density at radius 2 is 1.97 bits per heavy atom. The molecule has 0 spiro atoms.